The lowest BCUT2D eigenvalue weighted by Gasteiger charge is -2.23. The standard InChI is InChI=1S/C16H24FNO/c1-3-9-18(14-6-7-14)10-8-16(19)13-5-4-12(2)15(17)11-13/h4-5,11,14,16,19H,3,6-10H2,1-2H3. The lowest BCUT2D eigenvalue weighted by molar-refractivity contribution is 0.139. The fourth-order valence-electron chi connectivity index (χ4n) is 2.48. The molecule has 1 N–H and O–H groups in total. The Labute approximate surface area is 115 Å². The highest BCUT2D eigenvalue weighted by atomic mass is 19.1. The molecule has 0 radical (unpaired) electrons. The van der Waals surface area contributed by atoms with Crippen LogP contribution in [0.5, 0.6) is 0 Å². The smallest absolute Gasteiger partial charge is 0.126 e. The number of benzene rings is 1. The molecule has 1 aliphatic rings. The van der Waals surface area contributed by atoms with E-state index in [0.717, 1.165) is 25.6 Å². The molecule has 0 heterocycles. The Morgan fingerprint density at radius 1 is 1.37 bits per heavy atom. The zero-order valence-corrected chi connectivity index (χ0v) is 11.9. The molecule has 3 heteroatoms. The van der Waals surface area contributed by atoms with E-state index in [1.807, 2.05) is 6.07 Å². The predicted molar refractivity (Wildman–Crippen MR) is 75.6 cm³/mol. The summed E-state index contributed by atoms with van der Waals surface area (Å²) in [4.78, 5) is 2.45. The van der Waals surface area contributed by atoms with Crippen molar-refractivity contribution < 1.29 is 9.50 Å². The van der Waals surface area contributed by atoms with Crippen molar-refractivity contribution in [3.63, 3.8) is 0 Å². The van der Waals surface area contributed by atoms with Crippen molar-refractivity contribution >= 4 is 0 Å². The topological polar surface area (TPSA) is 23.5 Å². The quantitative estimate of drug-likeness (QED) is 0.816. The van der Waals surface area contributed by atoms with Crippen LogP contribution in [0.3, 0.4) is 0 Å². The van der Waals surface area contributed by atoms with Crippen LogP contribution in [0.1, 0.15) is 49.8 Å². The first-order chi connectivity index (χ1) is 9.11. The van der Waals surface area contributed by atoms with Gasteiger partial charge in [0.2, 0.25) is 0 Å². The molecule has 0 spiro atoms. The Kier molecular flexibility index (Phi) is 4.94. The van der Waals surface area contributed by atoms with E-state index in [1.165, 1.54) is 18.9 Å². The highest BCUT2D eigenvalue weighted by molar-refractivity contribution is 5.24. The Bertz CT molecular complexity index is 417. The summed E-state index contributed by atoms with van der Waals surface area (Å²) >= 11 is 0. The van der Waals surface area contributed by atoms with Crippen LogP contribution in [0, 0.1) is 12.7 Å². The third-order valence-electron chi connectivity index (χ3n) is 3.84. The number of aryl methyl sites for hydroxylation is 1. The van der Waals surface area contributed by atoms with Gasteiger partial charge in [0.05, 0.1) is 6.10 Å². The molecular formula is C16H24FNO. The van der Waals surface area contributed by atoms with Crippen molar-refractivity contribution in [3.05, 3.63) is 35.1 Å². The number of hydrogen-bond donors (Lipinski definition) is 1. The van der Waals surface area contributed by atoms with E-state index in [-0.39, 0.29) is 5.82 Å². The zero-order valence-electron chi connectivity index (χ0n) is 11.9. The van der Waals surface area contributed by atoms with Gasteiger partial charge in [0.25, 0.3) is 0 Å². The number of rotatable bonds is 7. The van der Waals surface area contributed by atoms with Gasteiger partial charge in [-0.2, -0.15) is 0 Å². The van der Waals surface area contributed by atoms with E-state index in [0.29, 0.717) is 17.5 Å². The van der Waals surface area contributed by atoms with Crippen LogP contribution in [0.25, 0.3) is 0 Å². The molecule has 1 unspecified atom stereocenters. The minimum atomic E-state index is -0.562. The van der Waals surface area contributed by atoms with Crippen LogP contribution >= 0.6 is 0 Å². The second kappa shape index (κ2) is 6.49. The molecular weight excluding hydrogens is 241 g/mol. The first-order valence-electron chi connectivity index (χ1n) is 7.30. The lowest BCUT2D eigenvalue weighted by atomic mass is 10.0. The molecule has 2 nitrogen and oxygen atoms in total. The summed E-state index contributed by atoms with van der Waals surface area (Å²) in [5.41, 5.74) is 1.32. The number of aliphatic hydroxyl groups is 1. The maximum atomic E-state index is 13.5. The Morgan fingerprint density at radius 2 is 2.11 bits per heavy atom. The van der Waals surface area contributed by atoms with Gasteiger partial charge in [0.15, 0.2) is 0 Å². The van der Waals surface area contributed by atoms with Crippen molar-refractivity contribution in [3.8, 4) is 0 Å². The van der Waals surface area contributed by atoms with Gasteiger partial charge < -0.3 is 10.0 Å². The summed E-state index contributed by atoms with van der Waals surface area (Å²) in [5, 5.41) is 10.2. The molecule has 0 aliphatic heterocycles. The Morgan fingerprint density at radius 3 is 2.68 bits per heavy atom. The summed E-state index contributed by atoms with van der Waals surface area (Å²) in [5.74, 6) is -0.232. The fourth-order valence-corrected chi connectivity index (χ4v) is 2.48. The summed E-state index contributed by atoms with van der Waals surface area (Å²) in [6.45, 7) is 5.91. The molecule has 1 aromatic rings. The van der Waals surface area contributed by atoms with Gasteiger partial charge in [-0.3, -0.25) is 0 Å². The molecule has 2 rings (SSSR count). The molecule has 1 atom stereocenters. The summed E-state index contributed by atoms with van der Waals surface area (Å²) in [6.07, 6.45) is 3.84. The highest BCUT2D eigenvalue weighted by Gasteiger charge is 2.28. The summed E-state index contributed by atoms with van der Waals surface area (Å²) in [6, 6.07) is 5.74. The highest BCUT2D eigenvalue weighted by Crippen LogP contribution is 2.28. The molecule has 106 valence electrons. The van der Waals surface area contributed by atoms with Gasteiger partial charge in [-0.05, 0) is 56.3 Å². The monoisotopic (exact) mass is 265 g/mol. The van der Waals surface area contributed by atoms with E-state index < -0.39 is 6.10 Å². The van der Waals surface area contributed by atoms with Crippen molar-refractivity contribution in [1.82, 2.24) is 4.90 Å². The van der Waals surface area contributed by atoms with Gasteiger partial charge in [0, 0.05) is 12.6 Å². The molecule has 19 heavy (non-hydrogen) atoms. The number of hydrogen-bond acceptors (Lipinski definition) is 2. The van der Waals surface area contributed by atoms with Crippen LogP contribution in [0.2, 0.25) is 0 Å². The molecule has 0 saturated heterocycles. The largest absolute Gasteiger partial charge is 0.388 e. The van der Waals surface area contributed by atoms with Crippen LogP contribution in [0.4, 0.5) is 4.39 Å². The van der Waals surface area contributed by atoms with E-state index in [9.17, 15) is 9.50 Å². The van der Waals surface area contributed by atoms with Gasteiger partial charge in [-0.1, -0.05) is 19.1 Å². The molecule has 0 bridgehead atoms. The zero-order chi connectivity index (χ0) is 13.8. The van der Waals surface area contributed by atoms with Gasteiger partial charge in [0.1, 0.15) is 5.82 Å². The molecule has 0 amide bonds. The number of aliphatic hydroxyl groups excluding tert-OH is 1. The predicted octanol–water partition coefficient (Wildman–Crippen LogP) is 3.43. The number of nitrogens with zero attached hydrogens (tertiary/aromatic N) is 1. The van der Waals surface area contributed by atoms with Crippen molar-refractivity contribution in [2.75, 3.05) is 13.1 Å². The normalized spacial score (nSPS) is 16.9. The Hall–Kier alpha value is -0.930. The molecule has 1 aliphatic carbocycles. The van der Waals surface area contributed by atoms with E-state index in [4.69, 9.17) is 0 Å². The molecule has 0 aromatic heterocycles. The van der Waals surface area contributed by atoms with E-state index in [2.05, 4.69) is 11.8 Å². The molecule has 1 fully saturated rings. The van der Waals surface area contributed by atoms with Gasteiger partial charge in [-0.15, -0.1) is 0 Å². The summed E-state index contributed by atoms with van der Waals surface area (Å²) < 4.78 is 13.5. The maximum Gasteiger partial charge on any atom is 0.126 e. The van der Waals surface area contributed by atoms with Crippen LogP contribution in [0.15, 0.2) is 18.2 Å². The van der Waals surface area contributed by atoms with Crippen LogP contribution in [-0.2, 0) is 0 Å². The first-order valence-corrected chi connectivity index (χ1v) is 7.30. The van der Waals surface area contributed by atoms with Crippen molar-refractivity contribution in [2.45, 2.75) is 51.7 Å². The van der Waals surface area contributed by atoms with E-state index in [1.54, 1.807) is 13.0 Å². The second-order valence-electron chi connectivity index (χ2n) is 5.58. The second-order valence-corrected chi connectivity index (χ2v) is 5.58. The van der Waals surface area contributed by atoms with Crippen molar-refractivity contribution in [2.24, 2.45) is 0 Å². The third kappa shape index (κ3) is 4.02. The summed E-state index contributed by atoms with van der Waals surface area (Å²) in [7, 11) is 0. The van der Waals surface area contributed by atoms with Gasteiger partial charge >= 0.3 is 0 Å². The SMILES string of the molecule is CCCN(CCC(O)c1ccc(C)c(F)c1)C1CC1. The Balaban J connectivity index is 1.88. The minimum Gasteiger partial charge on any atom is -0.388 e. The average Bonchev–Trinajstić information content (AvgIpc) is 3.21. The average molecular weight is 265 g/mol. The van der Waals surface area contributed by atoms with E-state index >= 15 is 0 Å². The van der Waals surface area contributed by atoms with Gasteiger partial charge in [-0.25, -0.2) is 4.39 Å². The van der Waals surface area contributed by atoms with Crippen LogP contribution < -0.4 is 0 Å². The molecule has 1 saturated carbocycles. The van der Waals surface area contributed by atoms with Crippen LogP contribution in [-0.4, -0.2) is 29.1 Å². The minimum absolute atomic E-state index is 0.232. The third-order valence-corrected chi connectivity index (χ3v) is 3.84. The first kappa shape index (κ1) is 14.5. The maximum absolute atomic E-state index is 13.5. The number of halogens is 1. The van der Waals surface area contributed by atoms with Crippen molar-refractivity contribution in [1.29, 1.82) is 0 Å². The molecule has 1 aromatic carbocycles. The fraction of sp³-hybridized carbons (Fsp3) is 0.625. The lowest BCUT2D eigenvalue weighted by Crippen LogP contribution is -2.29.